The van der Waals surface area contributed by atoms with Crippen LogP contribution in [0.5, 0.6) is 0 Å². The van der Waals surface area contributed by atoms with Crippen molar-refractivity contribution in [2.75, 3.05) is 5.32 Å². The van der Waals surface area contributed by atoms with Gasteiger partial charge in [-0.25, -0.2) is 9.82 Å². The fourth-order valence-electron chi connectivity index (χ4n) is 4.69. The topological polar surface area (TPSA) is 83.7 Å². The molecule has 2 amide bonds. The van der Waals surface area contributed by atoms with Crippen molar-refractivity contribution in [1.29, 1.82) is 0 Å². The molecule has 4 aromatic rings. The SMILES string of the molecule is Cc1c(C(=O)Nc2ccc(F)cc2)oc2c1/C(=N/NC(=O)C(c1ccccc1)c1ccccc1)CCC2. The van der Waals surface area contributed by atoms with Crippen LogP contribution in [0.4, 0.5) is 10.1 Å². The largest absolute Gasteiger partial charge is 0.455 e. The van der Waals surface area contributed by atoms with Crippen LogP contribution in [-0.4, -0.2) is 17.5 Å². The molecule has 1 aliphatic rings. The first kappa shape index (κ1) is 24.2. The number of nitrogens with zero attached hydrogens (tertiary/aromatic N) is 1. The lowest BCUT2D eigenvalue weighted by molar-refractivity contribution is -0.121. The number of anilines is 1. The van der Waals surface area contributed by atoms with Crippen molar-refractivity contribution in [2.45, 2.75) is 32.1 Å². The van der Waals surface area contributed by atoms with Crippen LogP contribution < -0.4 is 10.7 Å². The molecular weight excluding hydrogens is 469 g/mol. The average molecular weight is 496 g/mol. The lowest BCUT2D eigenvalue weighted by Gasteiger charge is -2.18. The summed E-state index contributed by atoms with van der Waals surface area (Å²) in [5, 5.41) is 7.25. The molecule has 1 aliphatic carbocycles. The van der Waals surface area contributed by atoms with Gasteiger partial charge in [-0.2, -0.15) is 5.10 Å². The maximum Gasteiger partial charge on any atom is 0.291 e. The van der Waals surface area contributed by atoms with Crippen molar-refractivity contribution >= 4 is 23.2 Å². The van der Waals surface area contributed by atoms with E-state index in [-0.39, 0.29) is 17.5 Å². The molecule has 0 atom stereocenters. The van der Waals surface area contributed by atoms with Gasteiger partial charge in [0.2, 0.25) is 0 Å². The minimum absolute atomic E-state index is 0.182. The molecule has 0 bridgehead atoms. The van der Waals surface area contributed by atoms with Crippen LogP contribution in [0.25, 0.3) is 0 Å². The summed E-state index contributed by atoms with van der Waals surface area (Å²) in [6, 6.07) is 24.7. The van der Waals surface area contributed by atoms with Gasteiger partial charge in [-0.3, -0.25) is 9.59 Å². The highest BCUT2D eigenvalue weighted by Gasteiger charge is 2.29. The molecule has 0 saturated carbocycles. The average Bonchev–Trinajstić information content (AvgIpc) is 3.27. The highest BCUT2D eigenvalue weighted by molar-refractivity contribution is 6.09. The first-order valence-corrected chi connectivity index (χ1v) is 12.2. The Morgan fingerprint density at radius 2 is 1.51 bits per heavy atom. The van der Waals surface area contributed by atoms with Crippen LogP contribution in [0.15, 0.2) is 94.4 Å². The Morgan fingerprint density at radius 1 is 0.892 bits per heavy atom. The Morgan fingerprint density at radius 3 is 2.14 bits per heavy atom. The number of benzene rings is 3. The summed E-state index contributed by atoms with van der Waals surface area (Å²) in [5.41, 5.74) is 7.07. The normalized spacial score (nSPS) is 13.9. The van der Waals surface area contributed by atoms with Crippen molar-refractivity contribution in [3.8, 4) is 0 Å². The molecule has 7 heteroatoms. The van der Waals surface area contributed by atoms with E-state index in [0.29, 0.717) is 35.6 Å². The lowest BCUT2D eigenvalue weighted by Crippen LogP contribution is -2.28. The lowest BCUT2D eigenvalue weighted by atomic mass is 9.90. The number of hydrogen-bond donors (Lipinski definition) is 2. The molecule has 0 unspecified atom stereocenters. The zero-order valence-electron chi connectivity index (χ0n) is 20.3. The Balaban J connectivity index is 1.40. The van der Waals surface area contributed by atoms with E-state index in [2.05, 4.69) is 15.8 Å². The van der Waals surface area contributed by atoms with Crippen LogP contribution in [0, 0.1) is 12.7 Å². The van der Waals surface area contributed by atoms with E-state index in [4.69, 9.17) is 4.42 Å². The van der Waals surface area contributed by atoms with Gasteiger partial charge in [0.25, 0.3) is 11.8 Å². The summed E-state index contributed by atoms with van der Waals surface area (Å²) >= 11 is 0. The Labute approximate surface area is 214 Å². The molecule has 1 heterocycles. The molecule has 6 nitrogen and oxygen atoms in total. The van der Waals surface area contributed by atoms with Crippen LogP contribution in [0.2, 0.25) is 0 Å². The number of carbonyl (C=O) groups excluding carboxylic acids is 2. The van der Waals surface area contributed by atoms with Crippen LogP contribution in [0.3, 0.4) is 0 Å². The molecule has 0 spiro atoms. The predicted octanol–water partition coefficient (Wildman–Crippen LogP) is 5.97. The van der Waals surface area contributed by atoms with Crippen LogP contribution in [-0.2, 0) is 11.2 Å². The smallest absolute Gasteiger partial charge is 0.291 e. The Bertz CT molecular complexity index is 1410. The number of rotatable bonds is 6. The van der Waals surface area contributed by atoms with E-state index in [0.717, 1.165) is 23.1 Å². The third kappa shape index (κ3) is 5.21. The summed E-state index contributed by atoms with van der Waals surface area (Å²) in [6.07, 6.45) is 2.10. The van der Waals surface area contributed by atoms with Gasteiger partial charge in [0.1, 0.15) is 11.6 Å². The number of furan rings is 1. The van der Waals surface area contributed by atoms with Gasteiger partial charge in [-0.15, -0.1) is 0 Å². The molecule has 0 fully saturated rings. The van der Waals surface area contributed by atoms with Crippen LogP contribution >= 0.6 is 0 Å². The van der Waals surface area contributed by atoms with Gasteiger partial charge in [0, 0.05) is 23.2 Å². The monoisotopic (exact) mass is 495 g/mol. The highest BCUT2D eigenvalue weighted by atomic mass is 19.1. The van der Waals surface area contributed by atoms with E-state index in [1.807, 2.05) is 60.7 Å². The molecule has 2 N–H and O–H groups in total. The minimum atomic E-state index is -0.516. The molecule has 3 aromatic carbocycles. The van der Waals surface area contributed by atoms with E-state index < -0.39 is 11.8 Å². The third-order valence-corrected chi connectivity index (χ3v) is 6.46. The molecule has 0 radical (unpaired) electrons. The molecular formula is C30H26FN3O3. The number of nitrogens with one attached hydrogen (secondary N) is 2. The van der Waals surface area contributed by atoms with Crippen molar-refractivity contribution in [2.24, 2.45) is 5.10 Å². The zero-order valence-corrected chi connectivity index (χ0v) is 20.3. The van der Waals surface area contributed by atoms with E-state index in [1.54, 1.807) is 6.92 Å². The van der Waals surface area contributed by atoms with Gasteiger partial charge in [-0.1, -0.05) is 60.7 Å². The second-order valence-electron chi connectivity index (χ2n) is 8.96. The van der Waals surface area contributed by atoms with Crippen molar-refractivity contribution in [3.63, 3.8) is 0 Å². The van der Waals surface area contributed by atoms with E-state index in [1.165, 1.54) is 24.3 Å². The summed E-state index contributed by atoms with van der Waals surface area (Å²) in [6.45, 7) is 1.81. The molecule has 37 heavy (non-hydrogen) atoms. The number of hydrogen-bond acceptors (Lipinski definition) is 4. The van der Waals surface area contributed by atoms with E-state index >= 15 is 0 Å². The molecule has 5 rings (SSSR count). The molecule has 1 aromatic heterocycles. The summed E-state index contributed by atoms with van der Waals surface area (Å²) in [5.74, 6) is -0.711. The van der Waals surface area contributed by atoms with Gasteiger partial charge < -0.3 is 9.73 Å². The maximum atomic E-state index is 13.4. The Hall–Kier alpha value is -4.52. The Kier molecular flexibility index (Phi) is 6.94. The van der Waals surface area contributed by atoms with Gasteiger partial charge in [-0.05, 0) is 55.2 Å². The highest BCUT2D eigenvalue weighted by Crippen LogP contribution is 2.31. The molecule has 0 aliphatic heterocycles. The van der Waals surface area contributed by atoms with Crippen LogP contribution in [0.1, 0.15) is 57.3 Å². The third-order valence-electron chi connectivity index (χ3n) is 6.46. The van der Waals surface area contributed by atoms with E-state index in [9.17, 15) is 14.0 Å². The van der Waals surface area contributed by atoms with Crippen molar-refractivity contribution < 1.29 is 18.4 Å². The van der Waals surface area contributed by atoms with Gasteiger partial charge in [0.05, 0.1) is 11.6 Å². The quantitative estimate of drug-likeness (QED) is 0.323. The number of halogens is 1. The zero-order chi connectivity index (χ0) is 25.8. The fraction of sp³-hybridized carbons (Fsp3) is 0.167. The second kappa shape index (κ2) is 10.6. The minimum Gasteiger partial charge on any atom is -0.455 e. The number of aryl methyl sites for hydroxylation is 1. The summed E-state index contributed by atoms with van der Waals surface area (Å²) in [4.78, 5) is 26.3. The fourth-order valence-corrected chi connectivity index (χ4v) is 4.69. The molecule has 186 valence electrons. The van der Waals surface area contributed by atoms with Gasteiger partial charge >= 0.3 is 0 Å². The summed E-state index contributed by atoms with van der Waals surface area (Å²) < 4.78 is 19.1. The summed E-state index contributed by atoms with van der Waals surface area (Å²) in [7, 11) is 0. The molecule has 0 saturated heterocycles. The second-order valence-corrected chi connectivity index (χ2v) is 8.96. The first-order valence-electron chi connectivity index (χ1n) is 12.2. The van der Waals surface area contributed by atoms with Crippen molar-refractivity contribution in [1.82, 2.24) is 5.43 Å². The standard InChI is InChI=1S/C30H26FN3O3/c1-19-26-24(13-8-14-25(26)37-28(19)30(36)32-23-17-15-22(31)16-18-23)33-34-29(35)27(20-9-4-2-5-10-20)21-11-6-3-7-12-21/h2-7,9-12,15-18,27H,8,13-14H2,1H3,(H,32,36)(H,34,35)/b33-24+. The maximum absolute atomic E-state index is 13.4. The van der Waals surface area contributed by atoms with Crippen molar-refractivity contribution in [3.05, 3.63) is 125 Å². The number of amides is 2. The number of fused-ring (bicyclic) bond motifs is 1. The number of carbonyl (C=O) groups is 2. The van der Waals surface area contributed by atoms with Gasteiger partial charge in [0.15, 0.2) is 5.76 Å². The number of hydrazone groups is 1. The first-order chi connectivity index (χ1) is 18.0. The predicted molar refractivity (Wildman–Crippen MR) is 140 cm³/mol.